The summed E-state index contributed by atoms with van der Waals surface area (Å²) < 4.78 is 3.65. The Balaban J connectivity index is 2.79. The standard InChI is InChI=1S/C6H6N2O2S/c1-4-5(11-8-7-4)2-3-6(9)10/h2-3H,1H3,(H,9,10)/b3-2+. The first-order chi connectivity index (χ1) is 5.20. The van der Waals surface area contributed by atoms with Crippen molar-refractivity contribution in [2.75, 3.05) is 0 Å². The van der Waals surface area contributed by atoms with Gasteiger partial charge in [-0.1, -0.05) is 4.49 Å². The zero-order chi connectivity index (χ0) is 8.27. The van der Waals surface area contributed by atoms with E-state index in [2.05, 4.69) is 9.59 Å². The maximum Gasteiger partial charge on any atom is 0.328 e. The molecule has 0 atom stereocenters. The molecule has 0 amide bonds. The van der Waals surface area contributed by atoms with Crippen LogP contribution in [0.2, 0.25) is 0 Å². The van der Waals surface area contributed by atoms with Gasteiger partial charge in [0.25, 0.3) is 0 Å². The lowest BCUT2D eigenvalue weighted by Gasteiger charge is -1.82. The minimum absolute atomic E-state index is 0.757. The molecule has 0 bridgehead atoms. The molecule has 4 nitrogen and oxygen atoms in total. The highest BCUT2D eigenvalue weighted by Gasteiger charge is 1.97. The number of aryl methyl sites for hydroxylation is 1. The fourth-order valence-corrected chi connectivity index (χ4v) is 1.09. The van der Waals surface area contributed by atoms with Gasteiger partial charge in [-0.2, -0.15) is 0 Å². The topological polar surface area (TPSA) is 63.1 Å². The summed E-state index contributed by atoms with van der Waals surface area (Å²) in [7, 11) is 0. The van der Waals surface area contributed by atoms with Crippen LogP contribution in [0.15, 0.2) is 6.08 Å². The molecule has 0 spiro atoms. The van der Waals surface area contributed by atoms with Gasteiger partial charge < -0.3 is 5.11 Å². The highest BCUT2D eigenvalue weighted by atomic mass is 32.1. The normalized spacial score (nSPS) is 10.6. The summed E-state index contributed by atoms with van der Waals surface area (Å²) in [6.07, 6.45) is 2.56. The molecule has 11 heavy (non-hydrogen) atoms. The summed E-state index contributed by atoms with van der Waals surface area (Å²) in [6, 6.07) is 0. The van der Waals surface area contributed by atoms with Crippen LogP contribution < -0.4 is 0 Å². The van der Waals surface area contributed by atoms with Crippen LogP contribution in [0.5, 0.6) is 0 Å². The zero-order valence-electron chi connectivity index (χ0n) is 5.81. The second-order valence-electron chi connectivity index (χ2n) is 1.89. The summed E-state index contributed by atoms with van der Waals surface area (Å²) in [5.74, 6) is -0.960. The molecule has 1 rings (SSSR count). The Morgan fingerprint density at radius 2 is 2.45 bits per heavy atom. The molecule has 1 heterocycles. The highest BCUT2D eigenvalue weighted by molar-refractivity contribution is 7.06. The SMILES string of the molecule is Cc1nnsc1/C=C/C(=O)O. The molecule has 1 aromatic heterocycles. The molecule has 0 saturated heterocycles. The van der Waals surface area contributed by atoms with Gasteiger partial charge in [0.05, 0.1) is 10.6 Å². The van der Waals surface area contributed by atoms with Crippen molar-refractivity contribution in [3.05, 3.63) is 16.6 Å². The van der Waals surface area contributed by atoms with Gasteiger partial charge in [0.1, 0.15) is 0 Å². The molecule has 0 unspecified atom stereocenters. The van der Waals surface area contributed by atoms with Gasteiger partial charge in [0, 0.05) is 6.08 Å². The first-order valence-corrected chi connectivity index (χ1v) is 3.67. The number of rotatable bonds is 2. The van der Waals surface area contributed by atoms with E-state index in [4.69, 9.17) is 5.11 Å². The van der Waals surface area contributed by atoms with E-state index in [-0.39, 0.29) is 0 Å². The van der Waals surface area contributed by atoms with Crippen molar-refractivity contribution >= 4 is 23.6 Å². The molecule has 0 aliphatic heterocycles. The van der Waals surface area contributed by atoms with E-state index in [0.717, 1.165) is 16.6 Å². The van der Waals surface area contributed by atoms with Crippen LogP contribution in [0.3, 0.4) is 0 Å². The van der Waals surface area contributed by atoms with Crippen LogP contribution in [-0.2, 0) is 4.79 Å². The predicted molar refractivity (Wildman–Crippen MR) is 41.3 cm³/mol. The number of hydrogen-bond donors (Lipinski definition) is 1. The van der Waals surface area contributed by atoms with E-state index in [1.165, 1.54) is 17.6 Å². The number of carbonyl (C=O) groups is 1. The molecule has 0 saturated carbocycles. The van der Waals surface area contributed by atoms with Crippen LogP contribution in [0.25, 0.3) is 6.08 Å². The Kier molecular flexibility index (Phi) is 2.32. The van der Waals surface area contributed by atoms with Gasteiger partial charge >= 0.3 is 5.97 Å². The van der Waals surface area contributed by atoms with Crippen LogP contribution in [0, 0.1) is 6.92 Å². The highest BCUT2D eigenvalue weighted by Crippen LogP contribution is 2.10. The number of carboxylic acid groups (broad SMARTS) is 1. The maximum atomic E-state index is 10.1. The molecule has 0 aromatic carbocycles. The van der Waals surface area contributed by atoms with E-state index in [9.17, 15) is 4.79 Å². The quantitative estimate of drug-likeness (QED) is 0.671. The van der Waals surface area contributed by atoms with Crippen LogP contribution in [-0.4, -0.2) is 20.7 Å². The van der Waals surface area contributed by atoms with Crippen molar-refractivity contribution in [3.8, 4) is 0 Å². The minimum Gasteiger partial charge on any atom is -0.478 e. The van der Waals surface area contributed by atoms with Gasteiger partial charge in [-0.05, 0) is 24.5 Å². The maximum absolute atomic E-state index is 10.1. The molecule has 0 fully saturated rings. The van der Waals surface area contributed by atoms with Gasteiger partial charge in [-0.15, -0.1) is 5.10 Å². The molecule has 5 heteroatoms. The fraction of sp³-hybridized carbons (Fsp3) is 0.167. The average molecular weight is 170 g/mol. The van der Waals surface area contributed by atoms with Gasteiger partial charge in [0.15, 0.2) is 0 Å². The Labute approximate surface area is 67.3 Å². The predicted octanol–water partition coefficient (Wildman–Crippen LogP) is 0.944. The number of aromatic nitrogens is 2. The van der Waals surface area contributed by atoms with Crippen LogP contribution in [0.4, 0.5) is 0 Å². The van der Waals surface area contributed by atoms with Crippen molar-refractivity contribution < 1.29 is 9.90 Å². The summed E-state index contributed by atoms with van der Waals surface area (Å²) >= 11 is 1.18. The largest absolute Gasteiger partial charge is 0.478 e. The van der Waals surface area contributed by atoms with Gasteiger partial charge in [-0.25, -0.2) is 4.79 Å². The van der Waals surface area contributed by atoms with Crippen molar-refractivity contribution in [2.45, 2.75) is 6.92 Å². The van der Waals surface area contributed by atoms with E-state index in [1.807, 2.05) is 0 Å². The molecular weight excluding hydrogens is 164 g/mol. The lowest BCUT2D eigenvalue weighted by atomic mass is 10.3. The van der Waals surface area contributed by atoms with Crippen molar-refractivity contribution in [1.82, 2.24) is 9.59 Å². The molecule has 58 valence electrons. The monoisotopic (exact) mass is 170 g/mol. The summed E-state index contributed by atoms with van der Waals surface area (Å²) in [5.41, 5.74) is 0.757. The van der Waals surface area contributed by atoms with E-state index in [1.54, 1.807) is 6.92 Å². The van der Waals surface area contributed by atoms with Crippen molar-refractivity contribution in [3.63, 3.8) is 0 Å². The number of hydrogen-bond acceptors (Lipinski definition) is 4. The van der Waals surface area contributed by atoms with Crippen LogP contribution in [0.1, 0.15) is 10.6 Å². The van der Waals surface area contributed by atoms with Gasteiger partial charge in [0.2, 0.25) is 0 Å². The third-order valence-corrected chi connectivity index (χ3v) is 1.86. The second kappa shape index (κ2) is 3.25. The molecule has 1 N–H and O–H groups in total. The van der Waals surface area contributed by atoms with Crippen molar-refractivity contribution in [2.24, 2.45) is 0 Å². The Morgan fingerprint density at radius 1 is 1.73 bits per heavy atom. The number of carboxylic acids is 1. The first kappa shape index (κ1) is 7.87. The van der Waals surface area contributed by atoms with E-state index < -0.39 is 5.97 Å². The van der Waals surface area contributed by atoms with E-state index >= 15 is 0 Å². The average Bonchev–Trinajstić information content (AvgIpc) is 2.31. The third-order valence-electron chi connectivity index (χ3n) is 1.06. The first-order valence-electron chi connectivity index (χ1n) is 2.90. The molecule has 1 aromatic rings. The smallest absolute Gasteiger partial charge is 0.328 e. The molecule has 0 aliphatic carbocycles. The summed E-state index contributed by atoms with van der Waals surface area (Å²) in [5, 5.41) is 12.0. The Morgan fingerprint density at radius 3 is 2.91 bits per heavy atom. The van der Waals surface area contributed by atoms with Gasteiger partial charge in [-0.3, -0.25) is 0 Å². The summed E-state index contributed by atoms with van der Waals surface area (Å²) in [4.78, 5) is 10.9. The van der Waals surface area contributed by atoms with Crippen LogP contribution >= 0.6 is 11.5 Å². The number of aliphatic carboxylic acids is 1. The number of nitrogens with zero attached hydrogens (tertiary/aromatic N) is 2. The zero-order valence-corrected chi connectivity index (χ0v) is 6.63. The summed E-state index contributed by atoms with van der Waals surface area (Å²) in [6.45, 7) is 1.78. The third kappa shape index (κ3) is 2.12. The second-order valence-corrected chi connectivity index (χ2v) is 2.68. The minimum atomic E-state index is -0.960. The lowest BCUT2D eigenvalue weighted by Crippen LogP contribution is -1.85. The molecular formula is C6H6N2O2S. The Bertz CT molecular complexity index is 293. The fourth-order valence-electron chi connectivity index (χ4n) is 0.539. The molecule has 0 aliphatic rings. The Hall–Kier alpha value is -1.23. The lowest BCUT2D eigenvalue weighted by molar-refractivity contribution is -0.131. The van der Waals surface area contributed by atoms with E-state index in [0.29, 0.717) is 0 Å². The molecule has 0 radical (unpaired) electrons. The van der Waals surface area contributed by atoms with Crippen molar-refractivity contribution in [1.29, 1.82) is 0 Å².